The second-order valence-electron chi connectivity index (χ2n) is 5.35. The maximum Gasteiger partial charge on any atom is 0.276 e. The van der Waals surface area contributed by atoms with Crippen LogP contribution >= 0.6 is 11.6 Å². The van der Waals surface area contributed by atoms with Gasteiger partial charge in [-0.25, -0.2) is 0 Å². The predicted octanol–water partition coefficient (Wildman–Crippen LogP) is 2.30. The first kappa shape index (κ1) is 15.6. The highest BCUT2D eigenvalue weighted by molar-refractivity contribution is 6.33. The molecule has 120 valence electrons. The van der Waals surface area contributed by atoms with Gasteiger partial charge in [0.05, 0.1) is 5.02 Å². The van der Waals surface area contributed by atoms with Crippen molar-refractivity contribution in [2.75, 3.05) is 26.2 Å². The highest BCUT2D eigenvalue weighted by Gasteiger charge is 2.25. The molecule has 1 aliphatic rings. The van der Waals surface area contributed by atoms with E-state index in [9.17, 15) is 9.59 Å². The lowest BCUT2D eigenvalue weighted by molar-refractivity contribution is -0.130. The first-order chi connectivity index (χ1) is 11.1. The first-order valence-corrected chi connectivity index (χ1v) is 7.70. The SMILES string of the molecule is CC(=O)N1CCN(C(=O)c2cc(-c3ccccc3Cl)on2)CC1. The lowest BCUT2D eigenvalue weighted by Crippen LogP contribution is -2.50. The normalized spacial score (nSPS) is 14.9. The molecule has 0 atom stereocenters. The number of hydrogen-bond acceptors (Lipinski definition) is 4. The van der Waals surface area contributed by atoms with Gasteiger partial charge in [0.1, 0.15) is 0 Å². The third-order valence-electron chi connectivity index (χ3n) is 3.88. The lowest BCUT2D eigenvalue weighted by atomic mass is 10.1. The number of piperazine rings is 1. The van der Waals surface area contributed by atoms with Crippen LogP contribution in [0.5, 0.6) is 0 Å². The maximum atomic E-state index is 12.5. The number of benzene rings is 1. The van der Waals surface area contributed by atoms with E-state index in [0.717, 1.165) is 0 Å². The summed E-state index contributed by atoms with van der Waals surface area (Å²) in [5, 5.41) is 4.40. The Morgan fingerprint density at radius 3 is 2.43 bits per heavy atom. The molecule has 1 fully saturated rings. The summed E-state index contributed by atoms with van der Waals surface area (Å²) in [5.74, 6) is 0.288. The summed E-state index contributed by atoms with van der Waals surface area (Å²) in [6.45, 7) is 3.59. The maximum absolute atomic E-state index is 12.5. The fourth-order valence-corrected chi connectivity index (χ4v) is 2.78. The number of halogens is 1. The van der Waals surface area contributed by atoms with Gasteiger partial charge in [0, 0.05) is 44.7 Å². The quantitative estimate of drug-likeness (QED) is 0.845. The Labute approximate surface area is 138 Å². The molecule has 0 aliphatic carbocycles. The summed E-state index contributed by atoms with van der Waals surface area (Å²) in [7, 11) is 0. The van der Waals surface area contributed by atoms with Crippen LogP contribution in [0.2, 0.25) is 5.02 Å². The Morgan fingerprint density at radius 1 is 1.13 bits per heavy atom. The number of carbonyl (C=O) groups is 2. The van der Waals surface area contributed by atoms with E-state index in [4.69, 9.17) is 16.1 Å². The molecular weight excluding hydrogens is 318 g/mol. The zero-order valence-electron chi connectivity index (χ0n) is 12.7. The lowest BCUT2D eigenvalue weighted by Gasteiger charge is -2.33. The van der Waals surface area contributed by atoms with Crippen molar-refractivity contribution in [2.24, 2.45) is 0 Å². The van der Waals surface area contributed by atoms with Crippen molar-refractivity contribution in [2.45, 2.75) is 6.92 Å². The third kappa shape index (κ3) is 3.22. The second-order valence-corrected chi connectivity index (χ2v) is 5.76. The molecule has 2 heterocycles. The summed E-state index contributed by atoms with van der Waals surface area (Å²) >= 11 is 6.12. The van der Waals surface area contributed by atoms with E-state index >= 15 is 0 Å². The molecule has 2 aromatic rings. The van der Waals surface area contributed by atoms with Gasteiger partial charge >= 0.3 is 0 Å². The highest BCUT2D eigenvalue weighted by atomic mass is 35.5. The number of amides is 2. The van der Waals surface area contributed by atoms with Crippen molar-refractivity contribution in [3.63, 3.8) is 0 Å². The van der Waals surface area contributed by atoms with Gasteiger partial charge < -0.3 is 14.3 Å². The Morgan fingerprint density at radius 2 is 1.78 bits per heavy atom. The summed E-state index contributed by atoms with van der Waals surface area (Å²) in [4.78, 5) is 27.2. The van der Waals surface area contributed by atoms with Crippen LogP contribution in [0.4, 0.5) is 0 Å². The van der Waals surface area contributed by atoms with E-state index in [-0.39, 0.29) is 17.5 Å². The highest BCUT2D eigenvalue weighted by Crippen LogP contribution is 2.28. The minimum atomic E-state index is -0.199. The molecule has 3 rings (SSSR count). The molecule has 0 N–H and O–H groups in total. The fraction of sp³-hybridized carbons (Fsp3) is 0.312. The van der Waals surface area contributed by atoms with E-state index in [1.165, 1.54) is 6.92 Å². The zero-order chi connectivity index (χ0) is 16.4. The molecule has 0 unspecified atom stereocenters. The number of hydrogen-bond donors (Lipinski definition) is 0. The van der Waals surface area contributed by atoms with Crippen LogP contribution < -0.4 is 0 Å². The van der Waals surface area contributed by atoms with Gasteiger partial charge in [0.25, 0.3) is 5.91 Å². The van der Waals surface area contributed by atoms with Gasteiger partial charge in [0.15, 0.2) is 11.5 Å². The van der Waals surface area contributed by atoms with Crippen molar-refractivity contribution in [3.8, 4) is 11.3 Å². The molecule has 1 aromatic heterocycles. The minimum Gasteiger partial charge on any atom is -0.355 e. The van der Waals surface area contributed by atoms with Crippen LogP contribution in [0.3, 0.4) is 0 Å². The molecule has 0 saturated carbocycles. The molecule has 2 amide bonds. The number of rotatable bonds is 2. The summed E-state index contributed by atoms with van der Waals surface area (Å²) in [6, 6.07) is 8.82. The molecule has 23 heavy (non-hydrogen) atoms. The van der Waals surface area contributed by atoms with Gasteiger partial charge in [0.2, 0.25) is 5.91 Å². The van der Waals surface area contributed by atoms with Gasteiger partial charge in [-0.2, -0.15) is 0 Å². The number of carbonyl (C=O) groups excluding carboxylic acids is 2. The third-order valence-corrected chi connectivity index (χ3v) is 4.21. The molecule has 1 aromatic carbocycles. The average molecular weight is 334 g/mol. The standard InChI is InChI=1S/C16H16ClN3O3/c1-11(21)19-6-8-20(9-7-19)16(22)14-10-15(23-18-14)12-4-2-3-5-13(12)17/h2-5,10H,6-9H2,1H3. The number of aromatic nitrogens is 1. The van der Waals surface area contributed by atoms with E-state index in [1.807, 2.05) is 18.2 Å². The molecule has 0 spiro atoms. The van der Waals surface area contributed by atoms with Crippen LogP contribution in [-0.4, -0.2) is 52.9 Å². The van der Waals surface area contributed by atoms with Crippen molar-refractivity contribution in [1.29, 1.82) is 0 Å². The Kier molecular flexibility index (Phi) is 4.34. The van der Waals surface area contributed by atoms with Crippen molar-refractivity contribution in [1.82, 2.24) is 15.0 Å². The van der Waals surface area contributed by atoms with E-state index in [1.54, 1.807) is 21.9 Å². The van der Waals surface area contributed by atoms with E-state index < -0.39 is 0 Å². The first-order valence-electron chi connectivity index (χ1n) is 7.32. The van der Waals surface area contributed by atoms with E-state index in [0.29, 0.717) is 42.5 Å². The molecule has 6 nitrogen and oxygen atoms in total. The Bertz CT molecular complexity index is 736. The average Bonchev–Trinajstić information content (AvgIpc) is 3.04. The van der Waals surface area contributed by atoms with Gasteiger partial charge in [-0.05, 0) is 12.1 Å². The topological polar surface area (TPSA) is 66.7 Å². The molecule has 7 heteroatoms. The molecular formula is C16H16ClN3O3. The monoisotopic (exact) mass is 333 g/mol. The molecule has 0 bridgehead atoms. The van der Waals surface area contributed by atoms with Gasteiger partial charge in [-0.15, -0.1) is 0 Å². The second kappa shape index (κ2) is 6.42. The van der Waals surface area contributed by atoms with Crippen molar-refractivity contribution < 1.29 is 14.1 Å². The Hall–Kier alpha value is -2.34. The Balaban J connectivity index is 1.72. The predicted molar refractivity (Wildman–Crippen MR) is 85.1 cm³/mol. The summed E-state index contributed by atoms with van der Waals surface area (Å²) < 4.78 is 5.26. The smallest absolute Gasteiger partial charge is 0.276 e. The summed E-state index contributed by atoms with van der Waals surface area (Å²) in [6.07, 6.45) is 0. The van der Waals surface area contributed by atoms with Crippen LogP contribution in [0.25, 0.3) is 11.3 Å². The number of nitrogens with zero attached hydrogens (tertiary/aromatic N) is 3. The van der Waals surface area contributed by atoms with Crippen LogP contribution in [0, 0.1) is 0 Å². The largest absolute Gasteiger partial charge is 0.355 e. The minimum absolute atomic E-state index is 0.0274. The molecule has 1 saturated heterocycles. The molecule has 1 aliphatic heterocycles. The van der Waals surface area contributed by atoms with Crippen LogP contribution in [0.15, 0.2) is 34.9 Å². The van der Waals surface area contributed by atoms with Crippen molar-refractivity contribution >= 4 is 23.4 Å². The molecule has 0 radical (unpaired) electrons. The summed E-state index contributed by atoms with van der Waals surface area (Å²) in [5.41, 5.74) is 0.943. The van der Waals surface area contributed by atoms with Crippen molar-refractivity contribution in [3.05, 3.63) is 41.0 Å². The van der Waals surface area contributed by atoms with Crippen LogP contribution in [0.1, 0.15) is 17.4 Å². The zero-order valence-corrected chi connectivity index (χ0v) is 13.4. The van der Waals surface area contributed by atoms with Gasteiger partial charge in [-0.1, -0.05) is 28.9 Å². The van der Waals surface area contributed by atoms with Gasteiger partial charge in [-0.3, -0.25) is 9.59 Å². The van der Waals surface area contributed by atoms with E-state index in [2.05, 4.69) is 5.16 Å². The fourth-order valence-electron chi connectivity index (χ4n) is 2.55. The van der Waals surface area contributed by atoms with Crippen LogP contribution in [-0.2, 0) is 4.79 Å².